The smallest absolute Gasteiger partial charge is 0.262 e. The van der Waals surface area contributed by atoms with Crippen molar-refractivity contribution in [1.82, 2.24) is 30.2 Å². The standard InChI is InChI=1S/C38H43N9O6/c48-33-4-2-1-3-28(33)30-18-32-35(42-41-30)39-19-25-20-43(13-14-46(25)32)21-26-22-45(15-16-53-26)23-9-11-44(12-10-23)24-5-6-27-29(17-24)38(52)47(37(27)51)31-7-8-34(49)40-36(31)50/h1-6,17-18,23,25-26,31,48H,7-16,19-22H2,(H,39,42)(H,40,49,50)/t25-,26-,31?/m0/s1. The van der Waals surface area contributed by atoms with Crippen molar-refractivity contribution in [2.75, 3.05) is 80.6 Å². The molecule has 3 N–H and O–H groups in total. The molecule has 6 aliphatic heterocycles. The van der Waals surface area contributed by atoms with Crippen LogP contribution in [0.4, 0.5) is 17.2 Å². The quantitative estimate of drug-likeness (QED) is 0.315. The Morgan fingerprint density at radius 3 is 2.49 bits per heavy atom. The molecule has 3 atom stereocenters. The Bertz CT molecular complexity index is 1970. The van der Waals surface area contributed by atoms with Crippen LogP contribution in [-0.2, 0) is 14.3 Å². The van der Waals surface area contributed by atoms with Gasteiger partial charge in [0.25, 0.3) is 11.8 Å². The highest BCUT2D eigenvalue weighted by Crippen LogP contribution is 2.37. The van der Waals surface area contributed by atoms with E-state index in [1.165, 1.54) is 0 Å². The molecule has 0 spiro atoms. The number of aromatic hydroxyl groups is 1. The van der Waals surface area contributed by atoms with Crippen LogP contribution in [0.15, 0.2) is 48.5 Å². The number of nitrogens with one attached hydrogen (secondary N) is 2. The van der Waals surface area contributed by atoms with Gasteiger partial charge in [0.15, 0.2) is 5.82 Å². The highest BCUT2D eigenvalue weighted by Gasteiger charge is 2.45. The first kappa shape index (κ1) is 33.7. The number of piperidine rings is 2. The molecule has 15 heteroatoms. The molecule has 276 valence electrons. The Balaban J connectivity index is 0.786. The van der Waals surface area contributed by atoms with Gasteiger partial charge in [0.1, 0.15) is 11.8 Å². The van der Waals surface area contributed by atoms with Crippen LogP contribution in [0.2, 0.25) is 0 Å². The van der Waals surface area contributed by atoms with Crippen molar-refractivity contribution >= 4 is 40.8 Å². The normalized spacial score (nSPS) is 25.5. The van der Waals surface area contributed by atoms with Gasteiger partial charge < -0.3 is 25.0 Å². The van der Waals surface area contributed by atoms with Gasteiger partial charge in [0.2, 0.25) is 11.8 Å². The van der Waals surface area contributed by atoms with Crippen LogP contribution in [0.25, 0.3) is 11.3 Å². The van der Waals surface area contributed by atoms with Crippen LogP contribution < -0.4 is 20.4 Å². The molecule has 0 radical (unpaired) electrons. The number of phenols is 1. The number of phenolic OH excluding ortho intramolecular Hbond substituents is 1. The number of hydrogen-bond acceptors (Lipinski definition) is 13. The minimum absolute atomic E-state index is 0.0965. The van der Waals surface area contributed by atoms with E-state index in [9.17, 15) is 24.3 Å². The molecule has 3 aromatic rings. The molecule has 4 saturated heterocycles. The Morgan fingerprint density at radius 1 is 0.830 bits per heavy atom. The summed E-state index contributed by atoms with van der Waals surface area (Å²) in [5.41, 5.74) is 3.87. The maximum atomic E-state index is 13.4. The number of aromatic nitrogens is 2. The topological polar surface area (TPSA) is 164 Å². The van der Waals surface area contributed by atoms with Gasteiger partial charge >= 0.3 is 0 Å². The Hall–Kier alpha value is -5.12. The number of amides is 4. The first-order valence-electron chi connectivity index (χ1n) is 18.7. The number of carbonyl (C=O) groups is 4. The molecule has 7 heterocycles. The third kappa shape index (κ3) is 6.25. The number of nitrogens with zero attached hydrogens (tertiary/aromatic N) is 7. The first-order valence-corrected chi connectivity index (χ1v) is 18.7. The number of piperazine rings is 1. The average Bonchev–Trinajstić information content (AvgIpc) is 3.42. The molecule has 15 nitrogen and oxygen atoms in total. The maximum absolute atomic E-state index is 13.4. The Kier molecular flexibility index (Phi) is 8.71. The number of para-hydroxylation sites is 1. The zero-order valence-corrected chi connectivity index (χ0v) is 29.4. The second kappa shape index (κ2) is 13.7. The Morgan fingerprint density at radius 2 is 1.66 bits per heavy atom. The summed E-state index contributed by atoms with van der Waals surface area (Å²) in [7, 11) is 0. The lowest BCUT2D eigenvalue weighted by Crippen LogP contribution is -2.60. The van der Waals surface area contributed by atoms with Crippen molar-refractivity contribution in [3.63, 3.8) is 0 Å². The fraction of sp³-hybridized carbons (Fsp3) is 0.474. The third-order valence-electron chi connectivity index (χ3n) is 11.7. The van der Waals surface area contributed by atoms with Crippen LogP contribution in [-0.4, -0.2) is 143 Å². The minimum atomic E-state index is -0.969. The summed E-state index contributed by atoms with van der Waals surface area (Å²) in [5.74, 6) is -0.978. The number of ether oxygens (including phenoxy) is 1. The summed E-state index contributed by atoms with van der Waals surface area (Å²) in [6.45, 7) is 8.54. The monoisotopic (exact) mass is 721 g/mol. The van der Waals surface area contributed by atoms with E-state index in [0.29, 0.717) is 35.0 Å². The van der Waals surface area contributed by atoms with Crippen molar-refractivity contribution in [2.24, 2.45) is 0 Å². The molecule has 4 fully saturated rings. The van der Waals surface area contributed by atoms with Crippen molar-refractivity contribution < 1.29 is 29.0 Å². The van der Waals surface area contributed by atoms with E-state index in [-0.39, 0.29) is 36.6 Å². The van der Waals surface area contributed by atoms with Gasteiger partial charge in [-0.3, -0.25) is 39.2 Å². The highest BCUT2D eigenvalue weighted by atomic mass is 16.5. The lowest BCUT2D eigenvalue weighted by atomic mass is 10.00. The number of fused-ring (bicyclic) bond motifs is 4. The highest BCUT2D eigenvalue weighted by molar-refractivity contribution is 6.23. The number of imide groups is 2. The van der Waals surface area contributed by atoms with Gasteiger partial charge in [-0.05, 0) is 55.7 Å². The van der Waals surface area contributed by atoms with E-state index >= 15 is 0 Å². The predicted molar refractivity (Wildman–Crippen MR) is 195 cm³/mol. The van der Waals surface area contributed by atoms with E-state index in [4.69, 9.17) is 4.74 Å². The zero-order valence-electron chi connectivity index (χ0n) is 29.4. The summed E-state index contributed by atoms with van der Waals surface area (Å²) in [6.07, 6.45) is 2.33. The molecule has 0 bridgehead atoms. The van der Waals surface area contributed by atoms with Crippen LogP contribution in [0, 0.1) is 0 Å². The molecule has 0 aliphatic carbocycles. The lowest BCUT2D eigenvalue weighted by molar-refractivity contribution is -0.136. The van der Waals surface area contributed by atoms with Gasteiger partial charge in [0.05, 0.1) is 41.3 Å². The molecular weight excluding hydrogens is 678 g/mol. The van der Waals surface area contributed by atoms with E-state index in [1.807, 2.05) is 24.3 Å². The fourth-order valence-corrected chi connectivity index (χ4v) is 8.96. The SMILES string of the molecule is O=C1CCC(N2C(=O)c3ccc(N4CCC(N5CCO[C@@H](CN6CCN7c8cc(-c9ccccc9O)nnc8NC[C@H]7C6)C5)CC4)cc3C2=O)C(=O)N1. The third-order valence-corrected chi connectivity index (χ3v) is 11.7. The van der Waals surface area contributed by atoms with Crippen LogP contribution >= 0.6 is 0 Å². The molecule has 9 rings (SSSR count). The van der Waals surface area contributed by atoms with Gasteiger partial charge in [0, 0.05) is 82.6 Å². The summed E-state index contributed by atoms with van der Waals surface area (Å²) in [6, 6.07) is 14.4. The molecular formula is C38H43N9O6. The fourth-order valence-electron chi connectivity index (χ4n) is 8.96. The lowest BCUT2D eigenvalue weighted by Gasteiger charge is -2.47. The second-order valence-corrected chi connectivity index (χ2v) is 14.9. The van der Waals surface area contributed by atoms with Gasteiger partial charge in [-0.25, -0.2) is 0 Å². The van der Waals surface area contributed by atoms with Crippen LogP contribution in [0.3, 0.4) is 0 Å². The summed E-state index contributed by atoms with van der Waals surface area (Å²) < 4.78 is 6.32. The van der Waals surface area contributed by atoms with Gasteiger partial charge in [-0.1, -0.05) is 12.1 Å². The Labute approximate surface area is 306 Å². The summed E-state index contributed by atoms with van der Waals surface area (Å²) in [4.78, 5) is 61.4. The van der Waals surface area contributed by atoms with E-state index in [1.54, 1.807) is 24.3 Å². The predicted octanol–water partition coefficient (Wildman–Crippen LogP) is 1.54. The molecule has 6 aliphatic rings. The second-order valence-electron chi connectivity index (χ2n) is 14.9. The molecule has 2 aromatic carbocycles. The average molecular weight is 722 g/mol. The number of benzene rings is 2. The molecule has 4 amide bonds. The van der Waals surface area contributed by atoms with E-state index < -0.39 is 23.8 Å². The van der Waals surface area contributed by atoms with Crippen molar-refractivity contribution in [2.45, 2.75) is 49.9 Å². The van der Waals surface area contributed by atoms with Crippen LogP contribution in [0.5, 0.6) is 5.75 Å². The van der Waals surface area contributed by atoms with E-state index in [2.05, 4.69) is 40.4 Å². The number of carbonyl (C=O) groups excluding carboxylic acids is 4. The maximum Gasteiger partial charge on any atom is 0.262 e. The summed E-state index contributed by atoms with van der Waals surface area (Å²) in [5, 5.41) is 24.9. The summed E-state index contributed by atoms with van der Waals surface area (Å²) >= 11 is 0. The van der Waals surface area contributed by atoms with Crippen molar-refractivity contribution in [1.29, 1.82) is 0 Å². The zero-order chi connectivity index (χ0) is 36.2. The largest absolute Gasteiger partial charge is 0.507 e. The molecule has 53 heavy (non-hydrogen) atoms. The van der Waals surface area contributed by atoms with Gasteiger partial charge in [-0.2, -0.15) is 0 Å². The minimum Gasteiger partial charge on any atom is -0.507 e. The number of hydrogen-bond donors (Lipinski definition) is 3. The molecule has 0 saturated carbocycles. The number of rotatable bonds is 6. The molecule has 1 aromatic heterocycles. The first-order chi connectivity index (χ1) is 25.8. The van der Waals surface area contributed by atoms with Gasteiger partial charge in [-0.15, -0.1) is 10.2 Å². The van der Waals surface area contributed by atoms with Crippen molar-refractivity contribution in [3.05, 3.63) is 59.7 Å². The van der Waals surface area contributed by atoms with E-state index in [0.717, 1.165) is 93.8 Å². The molecule has 1 unspecified atom stereocenters. The van der Waals surface area contributed by atoms with Crippen LogP contribution in [0.1, 0.15) is 46.4 Å². The number of morpholine rings is 1. The van der Waals surface area contributed by atoms with Crippen molar-refractivity contribution in [3.8, 4) is 17.0 Å². The number of anilines is 3.